The number of allylic oxidation sites excluding steroid dienone is 2. The number of hydrogen-bond donors (Lipinski definition) is 1. The van der Waals surface area contributed by atoms with Crippen LogP contribution in [-0.2, 0) is 15.6 Å². The van der Waals surface area contributed by atoms with Crippen LogP contribution in [0.3, 0.4) is 0 Å². The van der Waals surface area contributed by atoms with Crippen molar-refractivity contribution in [2.75, 3.05) is 23.4 Å². The number of carbonyl (C=O) groups is 1. The Morgan fingerprint density at radius 1 is 0.907 bits per heavy atom. The number of para-hydroxylation sites is 1. The van der Waals surface area contributed by atoms with Crippen LogP contribution in [0.1, 0.15) is 75.6 Å². The maximum Gasteiger partial charge on any atom is 0.303 e. The molecule has 0 bridgehead atoms. The number of nitrogens with zero attached hydrogens (tertiary/aromatic N) is 2. The molecule has 2 aliphatic rings. The summed E-state index contributed by atoms with van der Waals surface area (Å²) in [5.41, 5.74) is 6.05. The number of unbranched alkanes of at least 4 members (excludes halogenated alkanes) is 2. The van der Waals surface area contributed by atoms with Crippen molar-refractivity contribution in [3.05, 3.63) is 94.3 Å². The van der Waals surface area contributed by atoms with E-state index < -0.39 is 11.4 Å². The minimum absolute atomic E-state index is 0.153. The van der Waals surface area contributed by atoms with Crippen LogP contribution in [0.5, 0.6) is 11.5 Å². The molecule has 6 heteroatoms. The van der Waals surface area contributed by atoms with E-state index in [1.807, 2.05) is 37.4 Å². The average molecular weight is 575 g/mol. The maximum absolute atomic E-state index is 13.6. The van der Waals surface area contributed by atoms with Gasteiger partial charge in [-0.25, -0.2) is 0 Å². The van der Waals surface area contributed by atoms with Crippen LogP contribution in [-0.4, -0.2) is 24.7 Å². The maximum atomic E-state index is 13.6. The Hall–Kier alpha value is -4.45. The van der Waals surface area contributed by atoms with Crippen molar-refractivity contribution in [2.45, 2.75) is 64.2 Å². The van der Waals surface area contributed by atoms with Gasteiger partial charge in [0.1, 0.15) is 17.3 Å². The van der Waals surface area contributed by atoms with Crippen molar-refractivity contribution in [1.82, 2.24) is 0 Å². The molecule has 4 aromatic carbocycles. The highest BCUT2D eigenvalue weighted by Gasteiger charge is 2.46. The zero-order valence-electron chi connectivity index (χ0n) is 25.5. The molecule has 2 heterocycles. The summed E-state index contributed by atoms with van der Waals surface area (Å²) in [4.78, 5) is 15.4. The van der Waals surface area contributed by atoms with Gasteiger partial charge in [0.25, 0.3) is 0 Å². The summed E-state index contributed by atoms with van der Waals surface area (Å²) in [5, 5.41) is 38.6. The lowest BCUT2D eigenvalue weighted by atomic mass is 9.81. The first-order chi connectivity index (χ1) is 20.4. The second-order valence-electron chi connectivity index (χ2n) is 12.9. The lowest BCUT2D eigenvalue weighted by Crippen LogP contribution is -2.27. The van der Waals surface area contributed by atoms with Crippen LogP contribution in [0.4, 0.5) is 11.4 Å². The van der Waals surface area contributed by atoms with Gasteiger partial charge < -0.3 is 20.2 Å². The van der Waals surface area contributed by atoms with E-state index >= 15 is 0 Å². The van der Waals surface area contributed by atoms with Crippen molar-refractivity contribution in [1.29, 1.82) is 0 Å². The Morgan fingerprint density at radius 2 is 1.60 bits per heavy atom. The first-order valence-electron chi connectivity index (χ1n) is 15.1. The first-order valence-corrected chi connectivity index (χ1v) is 15.1. The van der Waals surface area contributed by atoms with Gasteiger partial charge in [0.15, 0.2) is 5.56 Å². The Bertz CT molecular complexity index is 1760. The van der Waals surface area contributed by atoms with Crippen LogP contribution in [0, 0.1) is 0 Å². The Kier molecular flexibility index (Phi) is 6.91. The van der Waals surface area contributed by atoms with Crippen LogP contribution in [0.25, 0.3) is 22.9 Å². The number of hydrogen-bond acceptors (Lipinski definition) is 5. The molecule has 220 valence electrons. The molecule has 6 rings (SSSR count). The molecule has 43 heavy (non-hydrogen) atoms. The van der Waals surface area contributed by atoms with E-state index in [1.165, 1.54) is 5.56 Å². The van der Waals surface area contributed by atoms with Gasteiger partial charge in [-0.05, 0) is 63.1 Å². The monoisotopic (exact) mass is 574 g/mol. The Labute approximate surface area is 253 Å². The van der Waals surface area contributed by atoms with E-state index in [1.54, 1.807) is 6.08 Å². The summed E-state index contributed by atoms with van der Waals surface area (Å²) in [7, 11) is 1.98. The minimum atomic E-state index is -0.782. The summed E-state index contributed by atoms with van der Waals surface area (Å²) in [6.07, 6.45) is 5.95. The van der Waals surface area contributed by atoms with Crippen molar-refractivity contribution in [3.8, 4) is 11.5 Å². The summed E-state index contributed by atoms with van der Waals surface area (Å²) in [5.74, 6) is -1.22. The van der Waals surface area contributed by atoms with Crippen molar-refractivity contribution in [3.63, 3.8) is 0 Å². The molecule has 0 spiro atoms. The number of carboxylic acid groups (broad SMARTS) is 1. The number of anilines is 2. The number of aliphatic carboxylic acids is 1. The standard InChI is InChI=1S/C37H38N2O4/c1-36(2)27-15-10-11-16-29(27)38(5)30(36)21-25-34(42)26(35(25)43)22-31-37(3,4)28-19-18-23-13-8-9-14-24(23)33(28)39(31)20-12-6-7-17-32(40)41/h8-11,13-16,18-19,21-22H,6-7,12,17,20H2,1-5H3,(H-,40,41,42). The van der Waals surface area contributed by atoms with Gasteiger partial charge in [-0.3, -0.25) is 9.69 Å². The largest absolute Gasteiger partial charge is 0.820 e. The highest BCUT2D eigenvalue weighted by Crippen LogP contribution is 2.54. The fourth-order valence-electron chi connectivity index (χ4n) is 7.09. The molecule has 6 nitrogen and oxygen atoms in total. The second kappa shape index (κ2) is 10.4. The van der Waals surface area contributed by atoms with Crippen LogP contribution in [0.15, 0.2) is 72.1 Å². The second-order valence-corrected chi connectivity index (χ2v) is 12.9. The molecule has 0 atom stereocenters. The van der Waals surface area contributed by atoms with E-state index in [9.17, 15) is 15.0 Å². The van der Waals surface area contributed by atoms with Crippen LogP contribution < -0.4 is 20.0 Å². The number of benzene rings is 3. The van der Waals surface area contributed by atoms with Crippen molar-refractivity contribution in [2.24, 2.45) is 0 Å². The van der Waals surface area contributed by atoms with E-state index in [4.69, 9.17) is 5.11 Å². The third-order valence-electron chi connectivity index (χ3n) is 9.53. The number of likely N-dealkylation sites (N-methyl/N-ethyl adjacent to an activating group) is 1. The van der Waals surface area contributed by atoms with Gasteiger partial charge in [-0.1, -0.05) is 61.0 Å². The zero-order chi connectivity index (χ0) is 30.7. The third-order valence-corrected chi connectivity index (χ3v) is 9.53. The summed E-state index contributed by atoms with van der Waals surface area (Å²) in [6, 6.07) is 20.7. The molecule has 4 aromatic rings. The first kappa shape index (κ1) is 28.7. The van der Waals surface area contributed by atoms with Crippen LogP contribution >= 0.6 is 0 Å². The van der Waals surface area contributed by atoms with E-state index in [-0.39, 0.29) is 34.5 Å². The van der Waals surface area contributed by atoms with Gasteiger partial charge in [0.2, 0.25) is 0 Å². The molecule has 0 unspecified atom stereocenters. The normalized spacial score (nSPS) is 18.6. The molecule has 0 fully saturated rings. The molecular formula is C37H38N2O4. The summed E-state index contributed by atoms with van der Waals surface area (Å²) >= 11 is 0. The molecule has 0 amide bonds. The van der Waals surface area contributed by atoms with Crippen molar-refractivity contribution < 1.29 is 20.1 Å². The Balaban J connectivity index is 1.39. The molecule has 0 saturated carbocycles. The lowest BCUT2D eigenvalue weighted by Gasteiger charge is -2.26. The quantitative estimate of drug-likeness (QED) is 0.180. The summed E-state index contributed by atoms with van der Waals surface area (Å²) in [6.45, 7) is 9.21. The number of fused-ring (bicyclic) bond motifs is 4. The lowest BCUT2D eigenvalue weighted by molar-refractivity contribution is -0.293. The molecule has 0 aromatic heterocycles. The highest BCUT2D eigenvalue weighted by atomic mass is 16.4. The molecule has 1 N–H and O–H groups in total. The van der Waals surface area contributed by atoms with E-state index in [2.05, 4.69) is 73.9 Å². The van der Waals surface area contributed by atoms with Crippen LogP contribution in [0.2, 0.25) is 0 Å². The van der Waals surface area contributed by atoms with Gasteiger partial charge in [-0.15, -0.1) is 0 Å². The highest BCUT2D eigenvalue weighted by molar-refractivity contribution is 6.00. The SMILES string of the molecule is CN1C(=Cc2c([O-])[c+](C=C3N(CCCCCC(=O)O)c4c(ccc5ccccc45)C3(C)C)[c+]2[O-])C(C)(C)c2ccccc21. The van der Waals surface area contributed by atoms with E-state index in [0.717, 1.165) is 51.9 Å². The van der Waals surface area contributed by atoms with Crippen molar-refractivity contribution >= 4 is 40.3 Å². The number of rotatable bonds is 8. The predicted octanol–water partition coefficient (Wildman–Crippen LogP) is 6.98. The van der Waals surface area contributed by atoms with E-state index in [0.29, 0.717) is 13.0 Å². The van der Waals surface area contributed by atoms with Gasteiger partial charge in [0, 0.05) is 36.5 Å². The molecular weight excluding hydrogens is 536 g/mol. The van der Waals surface area contributed by atoms with Gasteiger partial charge in [-0.2, -0.15) is 0 Å². The minimum Gasteiger partial charge on any atom is -0.820 e. The summed E-state index contributed by atoms with van der Waals surface area (Å²) < 4.78 is 0. The topological polar surface area (TPSA) is 89.9 Å². The smallest absolute Gasteiger partial charge is 0.303 e. The fourth-order valence-corrected chi connectivity index (χ4v) is 7.09. The predicted molar refractivity (Wildman–Crippen MR) is 171 cm³/mol. The number of carboxylic acids is 1. The molecule has 0 saturated heterocycles. The Morgan fingerprint density at radius 3 is 2.33 bits per heavy atom. The molecule has 0 radical (unpaired) electrons. The fraction of sp³-hybridized carbons (Fsp3) is 0.324. The molecule has 0 aliphatic carbocycles. The van der Waals surface area contributed by atoms with Gasteiger partial charge in [0.05, 0.1) is 34.4 Å². The zero-order valence-corrected chi connectivity index (χ0v) is 25.5. The average Bonchev–Trinajstić information content (AvgIpc) is 3.32. The molecule has 2 aliphatic heterocycles. The third kappa shape index (κ3) is 4.51. The van der Waals surface area contributed by atoms with Gasteiger partial charge >= 0.3 is 5.97 Å².